The molecule has 1 aromatic carbocycles. The van der Waals surface area contributed by atoms with Gasteiger partial charge >= 0.3 is 0 Å². The Morgan fingerprint density at radius 1 is 1.32 bits per heavy atom. The van der Waals surface area contributed by atoms with E-state index in [9.17, 15) is 0 Å². The molecule has 4 nitrogen and oxygen atoms in total. The first-order valence-electron chi connectivity index (χ1n) is 6.24. The molecule has 1 aromatic heterocycles. The Hall–Kier alpha value is -0.660. The van der Waals surface area contributed by atoms with Gasteiger partial charge in [0.05, 0.1) is 5.56 Å². The van der Waals surface area contributed by atoms with E-state index in [-0.39, 0.29) is 0 Å². The highest BCUT2D eigenvalue weighted by molar-refractivity contribution is 14.1. The number of hydrogen-bond acceptors (Lipinski definition) is 4. The highest BCUT2D eigenvalue weighted by Crippen LogP contribution is 2.29. The molecule has 6 heteroatoms. The molecule has 0 saturated carbocycles. The highest BCUT2D eigenvalue weighted by atomic mass is 127. The fourth-order valence-electron chi connectivity index (χ4n) is 2.25. The van der Waals surface area contributed by atoms with Crippen molar-refractivity contribution in [1.29, 1.82) is 0 Å². The minimum Gasteiger partial charge on any atom is -0.334 e. The summed E-state index contributed by atoms with van der Waals surface area (Å²) in [5, 5.41) is 8.14. The summed E-state index contributed by atoms with van der Waals surface area (Å²) >= 11 is 8.27. The fraction of sp³-hybridized carbons (Fsp3) is 0.385. The molecule has 0 aliphatic carbocycles. The molecular formula is C13H13ClIN3O. The third-order valence-electron chi connectivity index (χ3n) is 3.30. The maximum absolute atomic E-state index is 6.02. The number of benzene rings is 1. The topological polar surface area (TPSA) is 51.0 Å². The van der Waals surface area contributed by atoms with Gasteiger partial charge in [-0.1, -0.05) is 16.8 Å². The van der Waals surface area contributed by atoms with Crippen molar-refractivity contribution in [2.45, 2.75) is 18.8 Å². The second-order valence-electron chi connectivity index (χ2n) is 4.61. The molecule has 0 amide bonds. The molecule has 0 radical (unpaired) electrons. The van der Waals surface area contributed by atoms with E-state index in [2.05, 4.69) is 38.0 Å². The van der Waals surface area contributed by atoms with E-state index in [0.29, 0.717) is 16.8 Å². The lowest BCUT2D eigenvalue weighted by atomic mass is 9.98. The maximum atomic E-state index is 6.02. The van der Waals surface area contributed by atoms with E-state index >= 15 is 0 Å². The number of piperidine rings is 1. The zero-order valence-electron chi connectivity index (χ0n) is 10.2. The second kappa shape index (κ2) is 5.76. The van der Waals surface area contributed by atoms with Crippen LogP contribution in [-0.2, 0) is 0 Å². The van der Waals surface area contributed by atoms with Gasteiger partial charge in [-0.05, 0) is 66.7 Å². The van der Waals surface area contributed by atoms with Crippen molar-refractivity contribution in [3.63, 3.8) is 0 Å². The summed E-state index contributed by atoms with van der Waals surface area (Å²) in [4.78, 5) is 4.54. The monoisotopic (exact) mass is 389 g/mol. The predicted octanol–water partition coefficient (Wildman–Crippen LogP) is 3.46. The van der Waals surface area contributed by atoms with Crippen LogP contribution < -0.4 is 5.32 Å². The zero-order chi connectivity index (χ0) is 13.2. The summed E-state index contributed by atoms with van der Waals surface area (Å²) in [6.07, 6.45) is 2.12. The van der Waals surface area contributed by atoms with Gasteiger partial charge in [-0.15, -0.1) is 0 Å². The summed E-state index contributed by atoms with van der Waals surface area (Å²) < 4.78 is 6.45. The van der Waals surface area contributed by atoms with Crippen molar-refractivity contribution in [3.8, 4) is 11.5 Å². The Morgan fingerprint density at radius 3 is 2.89 bits per heavy atom. The van der Waals surface area contributed by atoms with E-state index in [0.717, 1.165) is 40.9 Å². The maximum Gasteiger partial charge on any atom is 0.259 e. The van der Waals surface area contributed by atoms with Crippen molar-refractivity contribution in [2.75, 3.05) is 13.1 Å². The minimum atomic E-state index is 0.399. The lowest BCUT2D eigenvalue weighted by Gasteiger charge is -2.18. The molecule has 1 aliphatic rings. The van der Waals surface area contributed by atoms with Gasteiger partial charge in [0.2, 0.25) is 0 Å². The summed E-state index contributed by atoms with van der Waals surface area (Å²) in [7, 11) is 0. The van der Waals surface area contributed by atoms with Crippen LogP contribution in [0.2, 0.25) is 5.02 Å². The summed E-state index contributed by atoms with van der Waals surface area (Å²) in [6.45, 7) is 2.03. The van der Waals surface area contributed by atoms with Crippen LogP contribution in [0.1, 0.15) is 24.6 Å². The van der Waals surface area contributed by atoms with Crippen LogP contribution in [0.15, 0.2) is 22.7 Å². The number of rotatable bonds is 2. The minimum absolute atomic E-state index is 0.399. The van der Waals surface area contributed by atoms with Crippen molar-refractivity contribution < 1.29 is 4.52 Å². The van der Waals surface area contributed by atoms with Gasteiger partial charge in [0.1, 0.15) is 0 Å². The van der Waals surface area contributed by atoms with Crippen LogP contribution in [0.4, 0.5) is 0 Å². The largest absolute Gasteiger partial charge is 0.334 e. The molecule has 0 bridgehead atoms. The normalized spacial score (nSPS) is 16.7. The summed E-state index contributed by atoms with van der Waals surface area (Å²) in [5.41, 5.74) is 0.904. The van der Waals surface area contributed by atoms with E-state index in [1.165, 1.54) is 0 Å². The molecular weight excluding hydrogens is 377 g/mol. The van der Waals surface area contributed by atoms with Crippen molar-refractivity contribution in [3.05, 3.63) is 32.6 Å². The highest BCUT2D eigenvalue weighted by Gasteiger charge is 2.21. The summed E-state index contributed by atoms with van der Waals surface area (Å²) in [6, 6.07) is 5.67. The Labute approximate surface area is 130 Å². The van der Waals surface area contributed by atoms with Gasteiger partial charge < -0.3 is 9.84 Å². The Bertz CT molecular complexity index is 581. The standard InChI is InChI=1S/C13H13ClIN3O/c14-9-1-2-11(15)10(7-9)13-17-12(18-19-13)8-3-5-16-6-4-8/h1-2,7-8,16H,3-6H2. The second-order valence-corrected chi connectivity index (χ2v) is 6.20. The van der Waals surface area contributed by atoms with E-state index in [1.54, 1.807) is 0 Å². The Balaban J connectivity index is 1.89. The van der Waals surface area contributed by atoms with Gasteiger partial charge in [-0.2, -0.15) is 4.98 Å². The molecule has 1 saturated heterocycles. The molecule has 0 atom stereocenters. The van der Waals surface area contributed by atoms with Crippen molar-refractivity contribution >= 4 is 34.2 Å². The number of aromatic nitrogens is 2. The van der Waals surface area contributed by atoms with Crippen LogP contribution in [0.3, 0.4) is 0 Å². The molecule has 19 heavy (non-hydrogen) atoms. The number of nitrogens with zero attached hydrogens (tertiary/aromatic N) is 2. The van der Waals surface area contributed by atoms with Crippen molar-refractivity contribution in [2.24, 2.45) is 0 Å². The molecule has 1 N–H and O–H groups in total. The molecule has 1 aliphatic heterocycles. The van der Waals surface area contributed by atoms with Gasteiger partial charge in [-0.25, -0.2) is 0 Å². The molecule has 2 aromatic rings. The number of halogens is 2. The predicted molar refractivity (Wildman–Crippen MR) is 82.3 cm³/mol. The van der Waals surface area contributed by atoms with E-state index in [1.807, 2.05) is 18.2 Å². The van der Waals surface area contributed by atoms with Crippen LogP contribution in [0.25, 0.3) is 11.5 Å². The molecule has 100 valence electrons. The van der Waals surface area contributed by atoms with Crippen molar-refractivity contribution in [1.82, 2.24) is 15.5 Å². The quantitative estimate of drug-likeness (QED) is 0.799. The smallest absolute Gasteiger partial charge is 0.259 e. The Morgan fingerprint density at radius 2 is 2.11 bits per heavy atom. The van der Waals surface area contributed by atoms with Gasteiger partial charge in [0.25, 0.3) is 5.89 Å². The van der Waals surface area contributed by atoms with Crippen LogP contribution in [0, 0.1) is 3.57 Å². The fourth-order valence-corrected chi connectivity index (χ4v) is 2.99. The SMILES string of the molecule is Clc1ccc(I)c(-c2nc(C3CCNCC3)no2)c1. The molecule has 0 spiro atoms. The summed E-state index contributed by atoms with van der Waals surface area (Å²) in [5.74, 6) is 1.77. The first kappa shape index (κ1) is 13.3. The molecule has 2 heterocycles. The van der Waals surface area contributed by atoms with Crippen LogP contribution >= 0.6 is 34.2 Å². The average molecular weight is 390 g/mol. The Kier molecular flexibility index (Phi) is 4.04. The third-order valence-corrected chi connectivity index (χ3v) is 4.48. The number of hydrogen-bond donors (Lipinski definition) is 1. The first-order chi connectivity index (χ1) is 9.24. The first-order valence-corrected chi connectivity index (χ1v) is 7.69. The lowest BCUT2D eigenvalue weighted by molar-refractivity contribution is 0.392. The average Bonchev–Trinajstić information content (AvgIpc) is 2.92. The third kappa shape index (κ3) is 2.93. The molecule has 0 unspecified atom stereocenters. The lowest BCUT2D eigenvalue weighted by Crippen LogP contribution is -2.27. The number of nitrogens with one attached hydrogen (secondary N) is 1. The van der Waals surface area contributed by atoms with Gasteiger partial charge in [-0.3, -0.25) is 0 Å². The zero-order valence-corrected chi connectivity index (χ0v) is 13.1. The van der Waals surface area contributed by atoms with E-state index in [4.69, 9.17) is 16.1 Å². The van der Waals surface area contributed by atoms with Crippen LogP contribution in [0.5, 0.6) is 0 Å². The van der Waals surface area contributed by atoms with Crippen LogP contribution in [-0.4, -0.2) is 23.2 Å². The molecule has 3 rings (SSSR count). The van der Waals surface area contributed by atoms with Gasteiger partial charge in [0.15, 0.2) is 5.82 Å². The van der Waals surface area contributed by atoms with E-state index < -0.39 is 0 Å². The van der Waals surface area contributed by atoms with Gasteiger partial charge in [0, 0.05) is 14.5 Å². The molecule has 1 fully saturated rings.